The lowest BCUT2D eigenvalue weighted by Gasteiger charge is -2.12. The van der Waals surface area contributed by atoms with Crippen molar-refractivity contribution in [2.24, 2.45) is 0 Å². The van der Waals surface area contributed by atoms with Gasteiger partial charge < -0.3 is 10.1 Å². The molecular formula is C18H18N2O. The van der Waals surface area contributed by atoms with Crippen molar-refractivity contribution in [2.75, 3.05) is 19.5 Å². The minimum atomic E-state index is 0.853. The fourth-order valence-electron chi connectivity index (χ4n) is 2.55. The van der Waals surface area contributed by atoms with E-state index in [-0.39, 0.29) is 0 Å². The lowest BCUT2D eigenvalue weighted by molar-refractivity contribution is 0.415. The topological polar surface area (TPSA) is 34.2 Å². The van der Waals surface area contributed by atoms with E-state index < -0.39 is 0 Å². The SMILES string of the molecule is CNc1cc(-c2ccccc2)nc2c(C)cc(OC)cc12. The number of pyridine rings is 1. The van der Waals surface area contributed by atoms with Gasteiger partial charge in [0.1, 0.15) is 5.75 Å². The minimum Gasteiger partial charge on any atom is -0.497 e. The zero-order chi connectivity index (χ0) is 14.8. The fourth-order valence-corrected chi connectivity index (χ4v) is 2.55. The number of hydrogen-bond acceptors (Lipinski definition) is 3. The van der Waals surface area contributed by atoms with Gasteiger partial charge in [0.15, 0.2) is 0 Å². The molecule has 3 rings (SSSR count). The van der Waals surface area contributed by atoms with Crippen molar-refractivity contribution in [1.82, 2.24) is 4.98 Å². The smallest absolute Gasteiger partial charge is 0.119 e. The Kier molecular flexibility index (Phi) is 3.48. The first-order valence-electron chi connectivity index (χ1n) is 6.95. The van der Waals surface area contributed by atoms with E-state index in [1.165, 1.54) is 0 Å². The van der Waals surface area contributed by atoms with E-state index in [4.69, 9.17) is 9.72 Å². The highest BCUT2D eigenvalue weighted by Crippen LogP contribution is 2.32. The minimum absolute atomic E-state index is 0.853. The summed E-state index contributed by atoms with van der Waals surface area (Å²) in [7, 11) is 3.61. The van der Waals surface area contributed by atoms with Gasteiger partial charge in [-0.3, -0.25) is 0 Å². The maximum atomic E-state index is 5.36. The summed E-state index contributed by atoms with van der Waals surface area (Å²) in [5.74, 6) is 0.853. The van der Waals surface area contributed by atoms with Crippen molar-refractivity contribution in [3.63, 3.8) is 0 Å². The molecule has 1 aromatic heterocycles. The molecule has 0 aliphatic carbocycles. The van der Waals surface area contributed by atoms with Crippen LogP contribution in [0.3, 0.4) is 0 Å². The molecule has 3 nitrogen and oxygen atoms in total. The molecule has 106 valence electrons. The van der Waals surface area contributed by atoms with Crippen molar-refractivity contribution in [3.05, 3.63) is 54.1 Å². The van der Waals surface area contributed by atoms with E-state index in [2.05, 4.69) is 30.4 Å². The normalized spacial score (nSPS) is 10.6. The van der Waals surface area contributed by atoms with Gasteiger partial charge in [0.2, 0.25) is 0 Å². The van der Waals surface area contributed by atoms with Crippen LogP contribution in [0.5, 0.6) is 5.75 Å². The molecule has 3 aromatic rings. The Morgan fingerprint density at radius 3 is 2.48 bits per heavy atom. The van der Waals surface area contributed by atoms with E-state index in [0.29, 0.717) is 0 Å². The summed E-state index contributed by atoms with van der Waals surface area (Å²) in [6, 6.07) is 16.3. The maximum absolute atomic E-state index is 5.36. The molecule has 0 radical (unpaired) electrons. The van der Waals surface area contributed by atoms with Crippen molar-refractivity contribution in [3.8, 4) is 17.0 Å². The van der Waals surface area contributed by atoms with Gasteiger partial charge in [-0.1, -0.05) is 30.3 Å². The first-order chi connectivity index (χ1) is 10.2. The first kappa shape index (κ1) is 13.4. The Labute approximate surface area is 124 Å². The van der Waals surface area contributed by atoms with Crippen LogP contribution in [0.1, 0.15) is 5.56 Å². The van der Waals surface area contributed by atoms with Crippen LogP contribution in [0.25, 0.3) is 22.2 Å². The highest BCUT2D eigenvalue weighted by Gasteiger charge is 2.10. The lowest BCUT2D eigenvalue weighted by atomic mass is 10.0. The van der Waals surface area contributed by atoms with Gasteiger partial charge in [0.05, 0.1) is 18.3 Å². The number of rotatable bonds is 3. The zero-order valence-corrected chi connectivity index (χ0v) is 12.5. The van der Waals surface area contributed by atoms with E-state index in [1.807, 2.05) is 37.4 Å². The van der Waals surface area contributed by atoms with E-state index in [0.717, 1.165) is 39.2 Å². The van der Waals surface area contributed by atoms with Crippen LogP contribution in [-0.2, 0) is 0 Å². The molecule has 1 N–H and O–H groups in total. The molecule has 0 saturated carbocycles. The second kappa shape index (κ2) is 5.44. The number of methoxy groups -OCH3 is 1. The maximum Gasteiger partial charge on any atom is 0.119 e. The van der Waals surface area contributed by atoms with Crippen molar-refractivity contribution in [2.45, 2.75) is 6.92 Å². The Morgan fingerprint density at radius 2 is 1.81 bits per heavy atom. The number of nitrogens with zero attached hydrogens (tertiary/aromatic N) is 1. The van der Waals surface area contributed by atoms with E-state index in [9.17, 15) is 0 Å². The van der Waals surface area contributed by atoms with E-state index in [1.54, 1.807) is 7.11 Å². The number of benzene rings is 2. The van der Waals surface area contributed by atoms with Gasteiger partial charge in [-0.2, -0.15) is 0 Å². The monoisotopic (exact) mass is 278 g/mol. The molecule has 0 fully saturated rings. The Hall–Kier alpha value is -2.55. The predicted octanol–water partition coefficient (Wildman–Crippen LogP) is 4.26. The van der Waals surface area contributed by atoms with Crippen molar-refractivity contribution in [1.29, 1.82) is 0 Å². The first-order valence-corrected chi connectivity index (χ1v) is 6.95. The van der Waals surface area contributed by atoms with Gasteiger partial charge >= 0.3 is 0 Å². The molecule has 0 aliphatic heterocycles. The molecule has 0 bridgehead atoms. The van der Waals surface area contributed by atoms with Crippen molar-refractivity contribution < 1.29 is 4.74 Å². The number of nitrogens with one attached hydrogen (secondary N) is 1. The zero-order valence-electron chi connectivity index (χ0n) is 12.5. The summed E-state index contributed by atoms with van der Waals surface area (Å²) >= 11 is 0. The number of anilines is 1. The second-order valence-electron chi connectivity index (χ2n) is 5.01. The number of aromatic nitrogens is 1. The Morgan fingerprint density at radius 1 is 1.05 bits per heavy atom. The highest BCUT2D eigenvalue weighted by molar-refractivity contribution is 5.96. The molecule has 2 aromatic carbocycles. The third-order valence-corrected chi connectivity index (χ3v) is 3.65. The van der Waals surface area contributed by atoms with Crippen LogP contribution in [0.2, 0.25) is 0 Å². The molecule has 0 amide bonds. The van der Waals surface area contributed by atoms with Crippen LogP contribution in [-0.4, -0.2) is 19.1 Å². The highest BCUT2D eigenvalue weighted by atomic mass is 16.5. The van der Waals surface area contributed by atoms with Crippen LogP contribution >= 0.6 is 0 Å². The Balaban J connectivity index is 2.29. The summed E-state index contributed by atoms with van der Waals surface area (Å²) in [4.78, 5) is 4.83. The summed E-state index contributed by atoms with van der Waals surface area (Å²) in [5.41, 5.74) is 5.26. The van der Waals surface area contributed by atoms with Gasteiger partial charge in [-0.15, -0.1) is 0 Å². The molecule has 1 heterocycles. The molecule has 0 spiro atoms. The summed E-state index contributed by atoms with van der Waals surface area (Å²) in [6.45, 7) is 2.06. The number of fused-ring (bicyclic) bond motifs is 1. The largest absolute Gasteiger partial charge is 0.497 e. The summed E-state index contributed by atoms with van der Waals surface area (Å²) in [5, 5.41) is 4.34. The van der Waals surface area contributed by atoms with E-state index >= 15 is 0 Å². The molecule has 0 aliphatic rings. The van der Waals surface area contributed by atoms with Gasteiger partial charge in [-0.25, -0.2) is 4.98 Å². The third kappa shape index (κ3) is 2.42. The standard InChI is InChI=1S/C18H18N2O/c1-12-9-14(21-3)10-15-17(19-2)11-16(20-18(12)15)13-7-5-4-6-8-13/h4-11H,1-3H3,(H,19,20). The average molecular weight is 278 g/mol. The molecule has 0 unspecified atom stereocenters. The predicted molar refractivity (Wildman–Crippen MR) is 88.0 cm³/mol. The molecular weight excluding hydrogens is 260 g/mol. The molecule has 0 atom stereocenters. The average Bonchev–Trinajstić information content (AvgIpc) is 2.54. The van der Waals surface area contributed by atoms with Crippen LogP contribution in [0.15, 0.2) is 48.5 Å². The quantitative estimate of drug-likeness (QED) is 0.777. The third-order valence-electron chi connectivity index (χ3n) is 3.65. The fraction of sp³-hybridized carbons (Fsp3) is 0.167. The van der Waals surface area contributed by atoms with Gasteiger partial charge in [0, 0.05) is 23.7 Å². The van der Waals surface area contributed by atoms with Gasteiger partial charge in [-0.05, 0) is 30.7 Å². The number of hydrogen-bond donors (Lipinski definition) is 1. The van der Waals surface area contributed by atoms with Gasteiger partial charge in [0.25, 0.3) is 0 Å². The lowest BCUT2D eigenvalue weighted by Crippen LogP contribution is -1.96. The molecule has 21 heavy (non-hydrogen) atoms. The van der Waals surface area contributed by atoms with Crippen molar-refractivity contribution >= 4 is 16.6 Å². The second-order valence-corrected chi connectivity index (χ2v) is 5.01. The molecule has 3 heteroatoms. The van der Waals surface area contributed by atoms with Crippen LogP contribution < -0.4 is 10.1 Å². The number of aryl methyl sites for hydroxylation is 1. The number of ether oxygens (including phenoxy) is 1. The van der Waals surface area contributed by atoms with Crippen LogP contribution in [0.4, 0.5) is 5.69 Å². The summed E-state index contributed by atoms with van der Waals surface area (Å²) in [6.07, 6.45) is 0. The molecule has 0 saturated heterocycles. The summed E-state index contributed by atoms with van der Waals surface area (Å²) < 4.78 is 5.36. The van der Waals surface area contributed by atoms with Crippen LogP contribution in [0, 0.1) is 6.92 Å². The Bertz CT molecular complexity index is 782.